The van der Waals surface area contributed by atoms with Crippen LogP contribution in [0.3, 0.4) is 0 Å². The van der Waals surface area contributed by atoms with E-state index < -0.39 is 0 Å². The lowest BCUT2D eigenvalue weighted by Gasteiger charge is -2.41. The molecule has 242 valence electrons. The SMILES string of the molecule is COc1cc(C(=O)N2CC3CCC2[C@@H]3N)cc2nc(-c3cc4cccnc4n3CC3CC3)n(C3CN(C(=O)c4ccnc(C#N)c4)C3)c12. The van der Waals surface area contributed by atoms with Crippen molar-refractivity contribution in [2.75, 3.05) is 26.7 Å². The highest BCUT2D eigenvalue weighted by Crippen LogP contribution is 2.42. The molecule has 2 bridgehead atoms. The maximum Gasteiger partial charge on any atom is 0.254 e. The highest BCUT2D eigenvalue weighted by atomic mass is 16.5. The molecule has 12 nitrogen and oxygen atoms in total. The van der Waals surface area contributed by atoms with Crippen LogP contribution in [-0.2, 0) is 6.54 Å². The van der Waals surface area contributed by atoms with Gasteiger partial charge in [-0.1, -0.05) is 0 Å². The summed E-state index contributed by atoms with van der Waals surface area (Å²) in [5.74, 6) is 2.05. The largest absolute Gasteiger partial charge is 0.494 e. The van der Waals surface area contributed by atoms with Crippen molar-refractivity contribution in [1.29, 1.82) is 5.26 Å². The second-order valence-corrected chi connectivity index (χ2v) is 13.7. The zero-order valence-electron chi connectivity index (χ0n) is 26.6. The fourth-order valence-corrected chi connectivity index (χ4v) is 8.06. The Balaban J connectivity index is 1.15. The van der Waals surface area contributed by atoms with Gasteiger partial charge >= 0.3 is 0 Å². The number of hydrogen-bond acceptors (Lipinski definition) is 8. The fourth-order valence-electron chi connectivity index (χ4n) is 8.06. The Morgan fingerprint density at radius 1 is 1.00 bits per heavy atom. The predicted molar refractivity (Wildman–Crippen MR) is 177 cm³/mol. The minimum atomic E-state index is -0.152. The molecule has 4 aromatic heterocycles. The van der Waals surface area contributed by atoms with Crippen molar-refractivity contribution in [3.63, 3.8) is 0 Å². The molecule has 2 aliphatic heterocycles. The van der Waals surface area contributed by atoms with Crippen LogP contribution in [0.25, 0.3) is 33.6 Å². The van der Waals surface area contributed by atoms with Gasteiger partial charge in [-0.15, -0.1) is 0 Å². The Bertz CT molecular complexity index is 2170. The molecule has 1 aromatic carbocycles. The molecule has 2 amide bonds. The van der Waals surface area contributed by atoms with Crippen molar-refractivity contribution in [3.05, 3.63) is 71.7 Å². The van der Waals surface area contributed by atoms with Gasteiger partial charge in [0, 0.05) is 67.2 Å². The van der Waals surface area contributed by atoms with E-state index in [1.54, 1.807) is 18.1 Å². The molecular weight excluding hydrogens is 606 g/mol. The number of aromatic nitrogens is 5. The van der Waals surface area contributed by atoms with E-state index in [0.717, 1.165) is 47.5 Å². The lowest BCUT2D eigenvalue weighted by molar-refractivity contribution is 0.0527. The third-order valence-electron chi connectivity index (χ3n) is 10.8. The molecule has 12 heteroatoms. The smallest absolute Gasteiger partial charge is 0.254 e. The molecule has 3 atom stereocenters. The van der Waals surface area contributed by atoms with Gasteiger partial charge in [-0.25, -0.2) is 15.0 Å². The average Bonchev–Trinajstić information content (AvgIpc) is 3.44. The molecule has 48 heavy (non-hydrogen) atoms. The number of nitrogens with zero attached hydrogens (tertiary/aromatic N) is 8. The van der Waals surface area contributed by atoms with Gasteiger partial charge in [-0.05, 0) is 80.0 Å². The minimum absolute atomic E-state index is 0.0234. The summed E-state index contributed by atoms with van der Waals surface area (Å²) in [7, 11) is 1.62. The van der Waals surface area contributed by atoms with Crippen LogP contribution in [0.2, 0.25) is 0 Å². The van der Waals surface area contributed by atoms with E-state index in [2.05, 4.69) is 26.3 Å². The second kappa shape index (κ2) is 10.9. The summed E-state index contributed by atoms with van der Waals surface area (Å²) in [6, 6.07) is 15.0. The van der Waals surface area contributed by atoms with Crippen LogP contribution >= 0.6 is 0 Å². The van der Waals surface area contributed by atoms with Crippen LogP contribution < -0.4 is 10.5 Å². The van der Waals surface area contributed by atoms with Gasteiger partial charge in [0.2, 0.25) is 0 Å². The summed E-state index contributed by atoms with van der Waals surface area (Å²) >= 11 is 0. The number of nitriles is 1. The number of imidazole rings is 1. The lowest BCUT2D eigenvalue weighted by Crippen LogP contribution is -2.50. The number of methoxy groups -OCH3 is 1. The molecule has 2 N–H and O–H groups in total. The number of pyridine rings is 2. The van der Waals surface area contributed by atoms with Gasteiger partial charge in [0.05, 0.1) is 24.4 Å². The predicted octanol–water partition coefficient (Wildman–Crippen LogP) is 4.00. The van der Waals surface area contributed by atoms with Crippen molar-refractivity contribution in [1.82, 2.24) is 33.9 Å². The van der Waals surface area contributed by atoms with Crippen LogP contribution in [0.4, 0.5) is 0 Å². The first kappa shape index (κ1) is 28.9. The Morgan fingerprint density at radius 2 is 1.85 bits per heavy atom. The Morgan fingerprint density at radius 3 is 2.58 bits per heavy atom. The summed E-state index contributed by atoms with van der Waals surface area (Å²) in [4.78, 5) is 45.1. The Kier molecular flexibility index (Phi) is 6.55. The van der Waals surface area contributed by atoms with Gasteiger partial charge in [-0.2, -0.15) is 5.26 Å². The third kappa shape index (κ3) is 4.48. The van der Waals surface area contributed by atoms with Crippen LogP contribution in [0.5, 0.6) is 5.75 Å². The van der Waals surface area contributed by atoms with Crippen molar-refractivity contribution in [2.45, 2.75) is 50.4 Å². The van der Waals surface area contributed by atoms with Crippen LogP contribution in [-0.4, -0.2) is 84.5 Å². The topological polar surface area (TPSA) is 148 Å². The van der Waals surface area contributed by atoms with Gasteiger partial charge in [-0.3, -0.25) is 9.59 Å². The van der Waals surface area contributed by atoms with Crippen molar-refractivity contribution in [2.24, 2.45) is 17.6 Å². The molecule has 2 aliphatic carbocycles. The van der Waals surface area contributed by atoms with E-state index >= 15 is 0 Å². The normalized spacial score (nSPS) is 22.0. The molecule has 2 unspecified atom stereocenters. The third-order valence-corrected chi connectivity index (χ3v) is 10.8. The molecule has 0 spiro atoms. The Hall–Kier alpha value is -5.28. The number of piperidine rings is 1. The number of amides is 2. The first-order valence-corrected chi connectivity index (χ1v) is 16.7. The molecule has 4 fully saturated rings. The number of nitrogens with two attached hydrogens (primary N) is 1. The second-order valence-electron chi connectivity index (χ2n) is 13.7. The first-order chi connectivity index (χ1) is 23.4. The number of ether oxygens (including phenoxy) is 1. The molecule has 0 radical (unpaired) electrons. The molecule has 6 heterocycles. The average molecular weight is 642 g/mol. The Labute approximate surface area is 276 Å². The van der Waals surface area contributed by atoms with Crippen molar-refractivity contribution < 1.29 is 14.3 Å². The van der Waals surface area contributed by atoms with Crippen LogP contribution in [0, 0.1) is 23.2 Å². The fraction of sp³-hybridized carbons (Fsp3) is 0.389. The van der Waals surface area contributed by atoms with E-state index in [-0.39, 0.29) is 35.6 Å². The maximum atomic E-state index is 14.0. The van der Waals surface area contributed by atoms with Crippen molar-refractivity contribution in [3.8, 4) is 23.3 Å². The van der Waals surface area contributed by atoms with Gasteiger partial charge in [0.15, 0.2) is 5.82 Å². The van der Waals surface area contributed by atoms with E-state index in [1.165, 1.54) is 25.1 Å². The van der Waals surface area contributed by atoms with E-state index in [1.807, 2.05) is 35.4 Å². The number of carbonyl (C=O) groups excluding carboxylic acids is 2. The number of fused-ring (bicyclic) bond motifs is 4. The number of likely N-dealkylation sites (tertiary alicyclic amines) is 2. The molecule has 4 aliphatic rings. The zero-order valence-corrected chi connectivity index (χ0v) is 26.6. The van der Waals surface area contributed by atoms with Crippen LogP contribution in [0.15, 0.2) is 54.9 Å². The van der Waals surface area contributed by atoms with E-state index in [9.17, 15) is 14.9 Å². The van der Waals surface area contributed by atoms with E-state index in [4.69, 9.17) is 20.4 Å². The molecule has 5 aromatic rings. The molecular formula is C36H35N9O3. The number of hydrogen-bond donors (Lipinski definition) is 1. The van der Waals surface area contributed by atoms with Gasteiger partial charge < -0.3 is 29.4 Å². The highest BCUT2D eigenvalue weighted by molar-refractivity contribution is 6.01. The van der Waals surface area contributed by atoms with Gasteiger partial charge in [0.1, 0.15) is 28.7 Å². The summed E-state index contributed by atoms with van der Waals surface area (Å²) in [5.41, 5.74) is 10.9. The monoisotopic (exact) mass is 641 g/mol. The molecule has 9 rings (SSSR count). The first-order valence-electron chi connectivity index (χ1n) is 16.7. The summed E-state index contributed by atoms with van der Waals surface area (Å²) in [5, 5.41) is 10.3. The quantitative estimate of drug-likeness (QED) is 0.281. The summed E-state index contributed by atoms with van der Waals surface area (Å²) in [6.07, 6.45) is 7.68. The summed E-state index contributed by atoms with van der Waals surface area (Å²) in [6.45, 7) is 2.41. The van der Waals surface area contributed by atoms with Crippen molar-refractivity contribution >= 4 is 33.9 Å². The summed E-state index contributed by atoms with van der Waals surface area (Å²) < 4.78 is 10.5. The van der Waals surface area contributed by atoms with Gasteiger partial charge in [0.25, 0.3) is 11.8 Å². The molecule has 2 saturated heterocycles. The maximum absolute atomic E-state index is 14.0. The molecule has 2 saturated carbocycles. The highest BCUT2D eigenvalue weighted by Gasteiger charge is 2.47. The van der Waals surface area contributed by atoms with Crippen LogP contribution in [0.1, 0.15) is 58.1 Å². The lowest BCUT2D eigenvalue weighted by atomic mass is 10.0. The minimum Gasteiger partial charge on any atom is -0.494 e. The number of benzene rings is 1. The number of carbonyl (C=O) groups is 2. The standard InChI is InChI=1S/C36H35N9O3/c1-48-30-14-24(36(47)44-17-23-6-7-28(44)31(23)38)12-27-32(30)45(26-18-42(19-26)35(46)22-8-10-39-25(11-22)15-37)34(41-27)29-13-21-3-2-9-40-33(21)43(29)16-20-4-5-20/h2-3,8-14,20,23,26,28,31H,4-7,16-19,38H2,1H3/t23?,28?,31-/m1/s1. The number of rotatable bonds is 7. The zero-order chi connectivity index (χ0) is 32.7. The van der Waals surface area contributed by atoms with E-state index in [0.29, 0.717) is 53.9 Å².